The summed E-state index contributed by atoms with van der Waals surface area (Å²) < 4.78 is 15.6. The molecule has 0 N–H and O–H groups in total. The molecule has 0 aliphatic carbocycles. The summed E-state index contributed by atoms with van der Waals surface area (Å²) >= 11 is 0. The highest BCUT2D eigenvalue weighted by atomic mass is 19.1. The first-order valence-corrected chi connectivity index (χ1v) is 6.30. The van der Waals surface area contributed by atoms with Gasteiger partial charge in [-0.1, -0.05) is 0 Å². The number of aromatic nitrogens is 2. The molecule has 0 spiro atoms. The van der Waals surface area contributed by atoms with Crippen molar-refractivity contribution in [2.45, 2.75) is 6.54 Å². The Labute approximate surface area is 120 Å². The molecule has 1 aromatic carbocycles. The molecule has 0 aliphatic rings. The van der Waals surface area contributed by atoms with Gasteiger partial charge >= 0.3 is 0 Å². The lowest BCUT2D eigenvalue weighted by molar-refractivity contribution is 0.112. The van der Waals surface area contributed by atoms with Gasteiger partial charge in [-0.05, 0) is 30.3 Å². The van der Waals surface area contributed by atoms with Gasteiger partial charge in [0, 0.05) is 28.9 Å². The van der Waals surface area contributed by atoms with Gasteiger partial charge in [0.05, 0.1) is 18.2 Å². The second-order valence-corrected chi connectivity index (χ2v) is 4.62. The number of benzene rings is 1. The molecule has 0 amide bonds. The zero-order valence-corrected chi connectivity index (χ0v) is 11.0. The fraction of sp³-hybridized carbons (Fsp3) is 0.0625. The topological polar surface area (TPSA) is 58.7 Å². The first-order valence-electron chi connectivity index (χ1n) is 6.30. The fourth-order valence-electron chi connectivity index (χ4n) is 2.31. The van der Waals surface area contributed by atoms with Crippen LogP contribution in [0.2, 0.25) is 0 Å². The molecule has 0 unspecified atom stereocenters. The maximum Gasteiger partial charge on any atom is 0.152 e. The third kappa shape index (κ3) is 2.28. The van der Waals surface area contributed by atoms with Crippen LogP contribution in [0.25, 0.3) is 11.0 Å². The van der Waals surface area contributed by atoms with Crippen molar-refractivity contribution >= 4 is 17.3 Å². The predicted molar refractivity (Wildman–Crippen MR) is 75.3 cm³/mol. The van der Waals surface area contributed by atoms with Crippen molar-refractivity contribution in [3.8, 4) is 6.07 Å². The Kier molecular flexibility index (Phi) is 3.20. The highest BCUT2D eigenvalue weighted by molar-refractivity contribution is 5.95. The summed E-state index contributed by atoms with van der Waals surface area (Å²) in [6, 6.07) is 9.74. The van der Waals surface area contributed by atoms with Crippen molar-refractivity contribution < 1.29 is 9.18 Å². The second-order valence-electron chi connectivity index (χ2n) is 4.62. The molecule has 4 nitrogen and oxygen atoms in total. The van der Waals surface area contributed by atoms with Gasteiger partial charge in [0.1, 0.15) is 11.5 Å². The molecule has 102 valence electrons. The van der Waals surface area contributed by atoms with Gasteiger partial charge in [-0.25, -0.2) is 9.37 Å². The molecule has 3 aromatic rings. The minimum Gasteiger partial charge on any atom is -0.327 e. The van der Waals surface area contributed by atoms with Crippen LogP contribution >= 0.6 is 0 Å². The van der Waals surface area contributed by atoms with Crippen LogP contribution in [-0.4, -0.2) is 15.8 Å². The quantitative estimate of drug-likeness (QED) is 0.693. The highest BCUT2D eigenvalue weighted by Crippen LogP contribution is 2.20. The van der Waals surface area contributed by atoms with Crippen molar-refractivity contribution in [1.29, 1.82) is 5.26 Å². The summed E-state index contributed by atoms with van der Waals surface area (Å²) in [7, 11) is 0. The number of nitriles is 1. The van der Waals surface area contributed by atoms with Gasteiger partial charge in [-0.15, -0.1) is 0 Å². The summed E-state index contributed by atoms with van der Waals surface area (Å²) in [4.78, 5) is 15.3. The lowest BCUT2D eigenvalue weighted by Gasteiger charge is -2.06. The molecule has 2 aromatic heterocycles. The van der Waals surface area contributed by atoms with Gasteiger partial charge < -0.3 is 4.57 Å². The van der Waals surface area contributed by atoms with Crippen LogP contribution in [0.4, 0.5) is 4.39 Å². The molecule has 3 rings (SSSR count). The fourth-order valence-corrected chi connectivity index (χ4v) is 2.31. The molecule has 0 saturated heterocycles. The second kappa shape index (κ2) is 5.17. The predicted octanol–water partition coefficient (Wildman–Crippen LogP) is 2.91. The average Bonchev–Trinajstić information content (AvgIpc) is 2.88. The maximum atomic E-state index is 13.9. The number of halogens is 1. The molecule has 5 heteroatoms. The Morgan fingerprint density at radius 1 is 1.38 bits per heavy atom. The number of pyridine rings is 1. The van der Waals surface area contributed by atoms with E-state index in [1.54, 1.807) is 29.1 Å². The normalized spacial score (nSPS) is 10.5. The number of carbonyl (C=O) groups is 1. The number of hydrogen-bond donors (Lipinski definition) is 0. The van der Waals surface area contributed by atoms with E-state index in [1.807, 2.05) is 6.07 Å². The number of nitrogens with zero attached hydrogens (tertiary/aromatic N) is 3. The summed E-state index contributed by atoms with van der Waals surface area (Å²) in [6.07, 6.45) is 4.02. The largest absolute Gasteiger partial charge is 0.327 e. The van der Waals surface area contributed by atoms with Crippen LogP contribution in [0.15, 0.2) is 42.7 Å². The van der Waals surface area contributed by atoms with E-state index in [9.17, 15) is 9.18 Å². The van der Waals surface area contributed by atoms with Gasteiger partial charge in [0.2, 0.25) is 0 Å². The van der Waals surface area contributed by atoms with Gasteiger partial charge in [0.25, 0.3) is 0 Å². The summed E-state index contributed by atoms with van der Waals surface area (Å²) in [6.45, 7) is 0.211. The molecule has 0 saturated carbocycles. The van der Waals surface area contributed by atoms with Crippen molar-refractivity contribution in [2.75, 3.05) is 0 Å². The van der Waals surface area contributed by atoms with E-state index in [-0.39, 0.29) is 12.4 Å². The molecule has 0 fully saturated rings. The van der Waals surface area contributed by atoms with E-state index >= 15 is 0 Å². The molecule has 0 bridgehead atoms. The van der Waals surface area contributed by atoms with Gasteiger partial charge in [0.15, 0.2) is 6.29 Å². The van der Waals surface area contributed by atoms with E-state index in [1.165, 1.54) is 18.2 Å². The number of fused-ring (bicyclic) bond motifs is 1. The standard InChI is InChI=1S/C16H10FN3O/c17-15-4-3-11(7-18)6-12(15)8-20-9-13(10-21)14-2-1-5-19-16(14)20/h1-6,9-10H,8H2. The zero-order valence-electron chi connectivity index (χ0n) is 11.0. The average molecular weight is 279 g/mol. The lowest BCUT2D eigenvalue weighted by atomic mass is 10.1. The van der Waals surface area contributed by atoms with Crippen LogP contribution in [0.5, 0.6) is 0 Å². The van der Waals surface area contributed by atoms with Crippen LogP contribution < -0.4 is 0 Å². The van der Waals surface area contributed by atoms with Crippen LogP contribution in [0.3, 0.4) is 0 Å². The van der Waals surface area contributed by atoms with Gasteiger partial charge in [-0.2, -0.15) is 5.26 Å². The van der Waals surface area contributed by atoms with E-state index < -0.39 is 0 Å². The van der Waals surface area contributed by atoms with Crippen molar-refractivity contribution in [3.05, 3.63) is 65.2 Å². The Hall–Kier alpha value is -3.00. The van der Waals surface area contributed by atoms with E-state index in [2.05, 4.69) is 4.98 Å². The Morgan fingerprint density at radius 3 is 3.00 bits per heavy atom. The molecule has 0 aliphatic heterocycles. The van der Waals surface area contributed by atoms with Crippen LogP contribution in [0, 0.1) is 17.1 Å². The van der Waals surface area contributed by atoms with Gasteiger partial charge in [-0.3, -0.25) is 4.79 Å². The number of aldehydes is 1. The molecule has 2 heterocycles. The first-order chi connectivity index (χ1) is 10.2. The minimum absolute atomic E-state index is 0.211. The Morgan fingerprint density at radius 2 is 2.24 bits per heavy atom. The van der Waals surface area contributed by atoms with Crippen molar-refractivity contribution in [2.24, 2.45) is 0 Å². The summed E-state index contributed by atoms with van der Waals surface area (Å²) in [5, 5.41) is 9.62. The molecule has 0 radical (unpaired) electrons. The SMILES string of the molecule is N#Cc1ccc(F)c(Cn2cc(C=O)c3cccnc32)c1. The third-order valence-electron chi connectivity index (χ3n) is 3.31. The minimum atomic E-state index is -0.389. The number of rotatable bonds is 3. The first kappa shape index (κ1) is 13.0. The van der Waals surface area contributed by atoms with E-state index in [0.717, 1.165) is 11.7 Å². The number of carbonyl (C=O) groups excluding carboxylic acids is 1. The van der Waals surface area contributed by atoms with Crippen LogP contribution in [-0.2, 0) is 6.54 Å². The highest BCUT2D eigenvalue weighted by Gasteiger charge is 2.11. The molecule has 21 heavy (non-hydrogen) atoms. The summed E-state index contributed by atoms with van der Waals surface area (Å²) in [5.41, 5.74) is 1.90. The lowest BCUT2D eigenvalue weighted by Crippen LogP contribution is -2.02. The Balaban J connectivity index is 2.11. The smallest absolute Gasteiger partial charge is 0.152 e. The summed E-state index contributed by atoms with van der Waals surface area (Å²) in [5.74, 6) is -0.389. The zero-order chi connectivity index (χ0) is 14.8. The van der Waals surface area contributed by atoms with Crippen molar-refractivity contribution in [3.63, 3.8) is 0 Å². The molecule has 0 atom stereocenters. The van der Waals surface area contributed by atoms with Crippen molar-refractivity contribution in [1.82, 2.24) is 9.55 Å². The maximum absolute atomic E-state index is 13.9. The molecular formula is C16H10FN3O. The third-order valence-corrected chi connectivity index (χ3v) is 3.31. The van der Waals surface area contributed by atoms with Crippen LogP contribution in [0.1, 0.15) is 21.5 Å². The Bertz CT molecular complexity index is 877. The molecular weight excluding hydrogens is 269 g/mol. The number of hydrogen-bond acceptors (Lipinski definition) is 3. The van der Waals surface area contributed by atoms with E-state index in [4.69, 9.17) is 5.26 Å². The van der Waals surface area contributed by atoms with E-state index in [0.29, 0.717) is 22.3 Å². The monoisotopic (exact) mass is 279 g/mol.